The highest BCUT2D eigenvalue weighted by Gasteiger charge is 2.39. The van der Waals surface area contributed by atoms with E-state index in [1.165, 1.54) is 32.4 Å². The number of amides is 2. The first-order valence-corrected chi connectivity index (χ1v) is 8.50. The minimum atomic E-state index is -0.652. The predicted molar refractivity (Wildman–Crippen MR) is 97.3 cm³/mol. The fourth-order valence-corrected chi connectivity index (χ4v) is 2.95. The van der Waals surface area contributed by atoms with Crippen molar-refractivity contribution in [2.45, 2.75) is 32.7 Å². The zero-order valence-electron chi connectivity index (χ0n) is 16.1. The minimum Gasteiger partial charge on any atom is -0.465 e. The summed E-state index contributed by atoms with van der Waals surface area (Å²) in [7, 11) is 2.46. The van der Waals surface area contributed by atoms with Crippen molar-refractivity contribution in [3.05, 3.63) is 29.3 Å². The van der Waals surface area contributed by atoms with E-state index >= 15 is 0 Å². The molecule has 0 aromatic heterocycles. The van der Waals surface area contributed by atoms with Gasteiger partial charge < -0.3 is 19.7 Å². The van der Waals surface area contributed by atoms with Crippen molar-refractivity contribution in [1.29, 1.82) is 0 Å². The van der Waals surface area contributed by atoms with Crippen molar-refractivity contribution < 1.29 is 28.7 Å². The number of benzene rings is 1. The van der Waals surface area contributed by atoms with Gasteiger partial charge in [-0.05, 0) is 39.0 Å². The summed E-state index contributed by atoms with van der Waals surface area (Å²) in [5.74, 6) is -2.30. The first-order chi connectivity index (χ1) is 12.6. The summed E-state index contributed by atoms with van der Waals surface area (Å²) in [6.45, 7) is 6.00. The van der Waals surface area contributed by atoms with Gasteiger partial charge in [0.15, 0.2) is 0 Å². The molecule has 0 spiro atoms. The van der Waals surface area contributed by atoms with E-state index < -0.39 is 23.8 Å². The number of nitrogens with one attached hydrogen (secondary N) is 1. The van der Waals surface area contributed by atoms with E-state index in [2.05, 4.69) is 10.1 Å². The van der Waals surface area contributed by atoms with Gasteiger partial charge >= 0.3 is 11.9 Å². The van der Waals surface area contributed by atoms with Gasteiger partial charge in [-0.2, -0.15) is 0 Å². The maximum atomic E-state index is 12.7. The topological polar surface area (TPSA) is 102 Å². The fraction of sp³-hybridized carbons (Fsp3) is 0.474. The third-order valence-corrected chi connectivity index (χ3v) is 4.41. The lowest BCUT2D eigenvalue weighted by atomic mass is 10.0. The molecule has 0 unspecified atom stereocenters. The van der Waals surface area contributed by atoms with Gasteiger partial charge in [-0.25, -0.2) is 9.59 Å². The van der Waals surface area contributed by atoms with Crippen LogP contribution in [0, 0.1) is 5.92 Å². The second-order valence-corrected chi connectivity index (χ2v) is 7.31. The number of rotatable bonds is 4. The molecular formula is C19H24N2O6. The van der Waals surface area contributed by atoms with Crippen LogP contribution in [-0.2, 0) is 19.1 Å². The molecule has 0 radical (unpaired) electrons. The Kier molecular flexibility index (Phi) is 5.88. The van der Waals surface area contributed by atoms with Crippen LogP contribution in [0.2, 0.25) is 0 Å². The number of ether oxygens (including phenoxy) is 2. The Morgan fingerprint density at radius 3 is 2.26 bits per heavy atom. The van der Waals surface area contributed by atoms with E-state index in [4.69, 9.17) is 4.74 Å². The second-order valence-electron chi connectivity index (χ2n) is 7.31. The van der Waals surface area contributed by atoms with E-state index in [-0.39, 0.29) is 34.7 Å². The number of carbonyl (C=O) groups excluding carboxylic acids is 4. The average Bonchev–Trinajstić information content (AvgIpc) is 3.02. The van der Waals surface area contributed by atoms with Crippen LogP contribution >= 0.6 is 0 Å². The molecule has 1 fully saturated rings. The molecule has 1 aliphatic heterocycles. The molecule has 0 aliphatic carbocycles. The van der Waals surface area contributed by atoms with Crippen molar-refractivity contribution in [3.63, 3.8) is 0 Å². The highest BCUT2D eigenvalue weighted by atomic mass is 16.5. The molecule has 27 heavy (non-hydrogen) atoms. The molecule has 146 valence electrons. The van der Waals surface area contributed by atoms with Crippen LogP contribution in [-0.4, -0.2) is 55.0 Å². The van der Waals surface area contributed by atoms with Crippen LogP contribution in [0.1, 0.15) is 47.9 Å². The van der Waals surface area contributed by atoms with Gasteiger partial charge in [0, 0.05) is 18.5 Å². The molecule has 8 heteroatoms. The van der Waals surface area contributed by atoms with Gasteiger partial charge in [-0.15, -0.1) is 0 Å². The Hall–Kier alpha value is -2.90. The van der Waals surface area contributed by atoms with Gasteiger partial charge in [0.1, 0.15) is 0 Å². The van der Waals surface area contributed by atoms with E-state index in [1.54, 1.807) is 4.90 Å². The van der Waals surface area contributed by atoms with Crippen molar-refractivity contribution in [3.8, 4) is 0 Å². The number of esters is 2. The Morgan fingerprint density at radius 2 is 1.74 bits per heavy atom. The summed E-state index contributed by atoms with van der Waals surface area (Å²) in [6, 6.07) is 4.15. The van der Waals surface area contributed by atoms with E-state index in [1.807, 2.05) is 20.8 Å². The summed E-state index contributed by atoms with van der Waals surface area (Å²) in [6.07, 6.45) is 0.0906. The number of likely N-dealkylation sites (tertiary alicyclic amines) is 1. The van der Waals surface area contributed by atoms with E-state index in [9.17, 15) is 19.2 Å². The maximum Gasteiger partial charge on any atom is 0.339 e. The lowest BCUT2D eigenvalue weighted by molar-refractivity contribution is -0.131. The molecule has 1 aromatic carbocycles. The van der Waals surface area contributed by atoms with E-state index in [0.717, 1.165) is 0 Å². The van der Waals surface area contributed by atoms with Crippen LogP contribution in [0.3, 0.4) is 0 Å². The van der Waals surface area contributed by atoms with Crippen LogP contribution in [0.4, 0.5) is 5.69 Å². The minimum absolute atomic E-state index is 0.0906. The number of methoxy groups -OCH3 is 2. The predicted octanol–water partition coefficient (Wildman–Crippen LogP) is 1.85. The van der Waals surface area contributed by atoms with Gasteiger partial charge in [0.25, 0.3) is 0 Å². The third kappa shape index (κ3) is 4.45. The van der Waals surface area contributed by atoms with Gasteiger partial charge in [-0.1, -0.05) is 0 Å². The highest BCUT2D eigenvalue weighted by Crippen LogP contribution is 2.28. The molecule has 1 saturated heterocycles. The Labute approximate surface area is 157 Å². The molecule has 0 bridgehead atoms. The van der Waals surface area contributed by atoms with Gasteiger partial charge in [0.05, 0.1) is 37.0 Å². The molecule has 2 amide bonds. The standard InChI is InChI=1S/C19H24N2O6/c1-19(2,3)21-10-12(9-15(21)22)16(23)20-14-8-11(17(24)26-4)6-7-13(14)18(25)27-5/h6-8,12H,9-10H2,1-5H3,(H,20,23)/t12-/m0/s1. The first-order valence-electron chi connectivity index (χ1n) is 8.50. The highest BCUT2D eigenvalue weighted by molar-refractivity contribution is 6.05. The van der Waals surface area contributed by atoms with Crippen molar-refractivity contribution in [1.82, 2.24) is 4.90 Å². The molecule has 1 N–H and O–H groups in total. The van der Waals surface area contributed by atoms with Crippen LogP contribution < -0.4 is 5.32 Å². The van der Waals surface area contributed by atoms with Crippen molar-refractivity contribution in [2.24, 2.45) is 5.92 Å². The summed E-state index contributed by atoms with van der Waals surface area (Å²) in [4.78, 5) is 50.3. The SMILES string of the molecule is COC(=O)c1ccc(C(=O)OC)c(NC(=O)[C@H]2CC(=O)N(C(C)(C)C)C2)c1. The Morgan fingerprint density at radius 1 is 1.11 bits per heavy atom. The number of nitrogens with zero attached hydrogens (tertiary/aromatic N) is 1. The fourth-order valence-electron chi connectivity index (χ4n) is 2.95. The lowest BCUT2D eigenvalue weighted by Gasteiger charge is -2.31. The van der Waals surface area contributed by atoms with Gasteiger partial charge in [0.2, 0.25) is 11.8 Å². The largest absolute Gasteiger partial charge is 0.465 e. The first kappa shape index (κ1) is 20.4. The number of anilines is 1. The van der Waals surface area contributed by atoms with Crippen LogP contribution in [0.25, 0.3) is 0 Å². The Bertz CT molecular complexity index is 781. The zero-order valence-corrected chi connectivity index (χ0v) is 16.1. The van der Waals surface area contributed by atoms with E-state index in [0.29, 0.717) is 6.54 Å². The number of hydrogen-bond acceptors (Lipinski definition) is 6. The van der Waals surface area contributed by atoms with Crippen molar-refractivity contribution >= 4 is 29.4 Å². The molecular weight excluding hydrogens is 352 g/mol. The normalized spacial score (nSPS) is 16.9. The lowest BCUT2D eigenvalue weighted by Crippen LogP contribution is -2.42. The molecule has 0 saturated carbocycles. The maximum absolute atomic E-state index is 12.7. The smallest absolute Gasteiger partial charge is 0.339 e. The van der Waals surface area contributed by atoms with Crippen LogP contribution in [0.5, 0.6) is 0 Å². The molecule has 1 aromatic rings. The molecule has 8 nitrogen and oxygen atoms in total. The van der Waals surface area contributed by atoms with Crippen LogP contribution in [0.15, 0.2) is 18.2 Å². The summed E-state index contributed by atoms with van der Waals surface area (Å²) in [5, 5.41) is 2.65. The quantitative estimate of drug-likeness (QED) is 0.805. The second kappa shape index (κ2) is 7.77. The third-order valence-electron chi connectivity index (χ3n) is 4.41. The number of hydrogen-bond donors (Lipinski definition) is 1. The average molecular weight is 376 g/mol. The summed E-state index contributed by atoms with van der Waals surface area (Å²) >= 11 is 0. The van der Waals surface area contributed by atoms with Gasteiger partial charge in [-0.3, -0.25) is 9.59 Å². The number of carbonyl (C=O) groups is 4. The molecule has 1 aliphatic rings. The zero-order chi connectivity index (χ0) is 20.4. The monoisotopic (exact) mass is 376 g/mol. The van der Waals surface area contributed by atoms with Crippen molar-refractivity contribution in [2.75, 3.05) is 26.1 Å². The summed E-state index contributed by atoms with van der Waals surface area (Å²) in [5.41, 5.74) is 0.0415. The summed E-state index contributed by atoms with van der Waals surface area (Å²) < 4.78 is 9.39. The molecule has 2 rings (SSSR count). The Balaban J connectivity index is 2.27. The molecule has 1 atom stereocenters. The molecule has 1 heterocycles.